The van der Waals surface area contributed by atoms with Crippen molar-refractivity contribution < 1.29 is 13.6 Å². The zero-order valence-corrected chi connectivity index (χ0v) is 12.8. The monoisotopic (exact) mass is 335 g/mol. The number of para-hydroxylation sites is 3. The maximum absolute atomic E-state index is 13.7. The van der Waals surface area contributed by atoms with Crippen LogP contribution >= 0.6 is 0 Å². The van der Waals surface area contributed by atoms with Gasteiger partial charge in [-0.3, -0.25) is 4.79 Å². The molecule has 3 aromatic carbocycles. The highest BCUT2D eigenvalue weighted by molar-refractivity contribution is 6.06. The van der Waals surface area contributed by atoms with Crippen molar-refractivity contribution in [2.45, 2.75) is 0 Å². The molecule has 4 aromatic rings. The molecule has 0 bridgehead atoms. The molecule has 4 nitrogen and oxygen atoms in total. The Balaban J connectivity index is 1.73. The Morgan fingerprint density at radius 3 is 2.04 bits per heavy atom. The molecule has 4 rings (SSSR count). The molecular formula is C19H11F2N3O. The van der Waals surface area contributed by atoms with E-state index in [1.165, 1.54) is 6.07 Å². The van der Waals surface area contributed by atoms with Gasteiger partial charge in [-0.15, -0.1) is 0 Å². The van der Waals surface area contributed by atoms with Crippen molar-refractivity contribution >= 4 is 33.7 Å². The summed E-state index contributed by atoms with van der Waals surface area (Å²) in [5.41, 5.74) is 2.37. The first kappa shape index (κ1) is 15.1. The molecule has 0 atom stereocenters. The molecule has 0 spiro atoms. The molecule has 1 N–H and O–H groups in total. The lowest BCUT2D eigenvalue weighted by molar-refractivity contribution is 0.102. The van der Waals surface area contributed by atoms with E-state index in [0.717, 1.165) is 17.6 Å². The Bertz CT molecular complexity index is 1110. The number of nitrogens with one attached hydrogen (secondary N) is 1. The second-order valence-electron chi connectivity index (χ2n) is 5.47. The van der Waals surface area contributed by atoms with Crippen LogP contribution in [0.5, 0.6) is 0 Å². The number of carbonyl (C=O) groups is 1. The van der Waals surface area contributed by atoms with E-state index < -0.39 is 23.2 Å². The van der Waals surface area contributed by atoms with Gasteiger partial charge in [0.2, 0.25) is 0 Å². The highest BCUT2D eigenvalue weighted by atomic mass is 19.1. The average molecular weight is 335 g/mol. The number of benzene rings is 3. The molecule has 1 aromatic heterocycles. The predicted molar refractivity (Wildman–Crippen MR) is 91.4 cm³/mol. The van der Waals surface area contributed by atoms with Crippen molar-refractivity contribution in [2.24, 2.45) is 0 Å². The molecule has 0 unspecified atom stereocenters. The van der Waals surface area contributed by atoms with E-state index in [9.17, 15) is 13.6 Å². The van der Waals surface area contributed by atoms with E-state index in [0.29, 0.717) is 16.6 Å². The SMILES string of the molecule is O=C(Nc1c(F)cccc1F)c1ccc2nc3ccccc3nc2c1. The molecule has 0 saturated carbocycles. The molecule has 1 amide bonds. The van der Waals surface area contributed by atoms with Gasteiger partial charge in [-0.05, 0) is 42.5 Å². The average Bonchev–Trinajstić information content (AvgIpc) is 2.62. The number of anilines is 1. The standard InChI is InChI=1S/C19H11F2N3O/c20-12-4-3-5-13(21)18(12)24-19(25)11-8-9-16-17(10-11)23-15-7-2-1-6-14(15)22-16/h1-10H,(H,24,25). The normalized spacial score (nSPS) is 11.0. The molecule has 25 heavy (non-hydrogen) atoms. The second kappa shape index (κ2) is 5.90. The summed E-state index contributed by atoms with van der Waals surface area (Å²) < 4.78 is 27.4. The molecule has 122 valence electrons. The number of hydrogen-bond acceptors (Lipinski definition) is 3. The van der Waals surface area contributed by atoms with Crippen molar-refractivity contribution in [1.82, 2.24) is 9.97 Å². The number of rotatable bonds is 2. The van der Waals surface area contributed by atoms with Gasteiger partial charge in [0.15, 0.2) is 0 Å². The van der Waals surface area contributed by atoms with Gasteiger partial charge < -0.3 is 5.32 Å². The van der Waals surface area contributed by atoms with Gasteiger partial charge in [0.25, 0.3) is 5.91 Å². The van der Waals surface area contributed by atoms with Gasteiger partial charge in [-0.1, -0.05) is 18.2 Å². The van der Waals surface area contributed by atoms with E-state index in [-0.39, 0.29) is 5.56 Å². The van der Waals surface area contributed by atoms with Crippen molar-refractivity contribution in [2.75, 3.05) is 5.32 Å². The van der Waals surface area contributed by atoms with Crippen LogP contribution in [0.3, 0.4) is 0 Å². The topological polar surface area (TPSA) is 54.9 Å². The first-order valence-corrected chi connectivity index (χ1v) is 7.54. The predicted octanol–water partition coefficient (Wildman–Crippen LogP) is 4.31. The van der Waals surface area contributed by atoms with Gasteiger partial charge in [0, 0.05) is 5.56 Å². The number of fused-ring (bicyclic) bond motifs is 2. The third kappa shape index (κ3) is 2.78. The zero-order valence-electron chi connectivity index (χ0n) is 12.8. The summed E-state index contributed by atoms with van der Waals surface area (Å²) >= 11 is 0. The number of hydrogen-bond donors (Lipinski definition) is 1. The maximum atomic E-state index is 13.7. The Morgan fingerprint density at radius 1 is 0.760 bits per heavy atom. The van der Waals surface area contributed by atoms with Crippen LogP contribution in [0.25, 0.3) is 22.1 Å². The minimum absolute atomic E-state index is 0.236. The number of halogens is 2. The number of aromatic nitrogens is 2. The smallest absolute Gasteiger partial charge is 0.255 e. The summed E-state index contributed by atoms with van der Waals surface area (Å²) in [4.78, 5) is 21.3. The number of amides is 1. The van der Waals surface area contributed by atoms with Crippen molar-refractivity contribution in [3.05, 3.63) is 77.9 Å². The summed E-state index contributed by atoms with van der Waals surface area (Å²) in [6.45, 7) is 0. The van der Waals surface area contributed by atoms with Crippen molar-refractivity contribution in [3.63, 3.8) is 0 Å². The fraction of sp³-hybridized carbons (Fsp3) is 0. The summed E-state index contributed by atoms with van der Waals surface area (Å²) in [7, 11) is 0. The van der Waals surface area contributed by atoms with E-state index in [1.807, 2.05) is 24.3 Å². The van der Waals surface area contributed by atoms with Crippen LogP contribution < -0.4 is 5.32 Å². The molecule has 1 heterocycles. The van der Waals surface area contributed by atoms with Crippen LogP contribution in [0, 0.1) is 11.6 Å². The fourth-order valence-corrected chi connectivity index (χ4v) is 2.56. The lowest BCUT2D eigenvalue weighted by Crippen LogP contribution is -2.14. The maximum Gasteiger partial charge on any atom is 0.255 e. The minimum Gasteiger partial charge on any atom is -0.317 e. The third-order valence-electron chi connectivity index (χ3n) is 3.80. The molecule has 6 heteroatoms. The summed E-state index contributed by atoms with van der Waals surface area (Å²) in [5.74, 6) is -2.29. The Kier molecular flexibility index (Phi) is 3.57. The fourth-order valence-electron chi connectivity index (χ4n) is 2.56. The molecular weight excluding hydrogens is 324 g/mol. The molecule has 0 aliphatic heterocycles. The molecule has 0 radical (unpaired) electrons. The van der Waals surface area contributed by atoms with Crippen molar-refractivity contribution in [3.8, 4) is 0 Å². The highest BCUT2D eigenvalue weighted by Gasteiger charge is 2.14. The largest absolute Gasteiger partial charge is 0.317 e. The molecule has 0 saturated heterocycles. The van der Waals surface area contributed by atoms with Crippen molar-refractivity contribution in [1.29, 1.82) is 0 Å². The zero-order chi connectivity index (χ0) is 17.4. The van der Waals surface area contributed by atoms with Gasteiger partial charge in [-0.2, -0.15) is 0 Å². The van der Waals surface area contributed by atoms with E-state index in [4.69, 9.17) is 0 Å². The van der Waals surface area contributed by atoms with Crippen LogP contribution in [0.1, 0.15) is 10.4 Å². The van der Waals surface area contributed by atoms with Gasteiger partial charge in [-0.25, -0.2) is 18.7 Å². The minimum atomic E-state index is -0.833. The van der Waals surface area contributed by atoms with Gasteiger partial charge in [0.05, 0.1) is 22.1 Å². The van der Waals surface area contributed by atoms with Crippen LogP contribution in [-0.4, -0.2) is 15.9 Å². The van der Waals surface area contributed by atoms with E-state index in [2.05, 4.69) is 15.3 Å². The van der Waals surface area contributed by atoms with Crippen LogP contribution in [-0.2, 0) is 0 Å². The van der Waals surface area contributed by atoms with E-state index >= 15 is 0 Å². The second-order valence-corrected chi connectivity index (χ2v) is 5.47. The summed E-state index contributed by atoms with van der Waals surface area (Å²) in [6.07, 6.45) is 0. The van der Waals surface area contributed by atoms with Gasteiger partial charge in [0.1, 0.15) is 17.3 Å². The lowest BCUT2D eigenvalue weighted by atomic mass is 10.1. The van der Waals surface area contributed by atoms with Crippen LogP contribution in [0.4, 0.5) is 14.5 Å². The lowest BCUT2D eigenvalue weighted by Gasteiger charge is -2.08. The highest BCUT2D eigenvalue weighted by Crippen LogP contribution is 2.21. The van der Waals surface area contributed by atoms with Crippen LogP contribution in [0.15, 0.2) is 60.7 Å². The summed E-state index contributed by atoms with van der Waals surface area (Å²) in [5, 5.41) is 2.26. The quantitative estimate of drug-likeness (QED) is 0.555. The number of nitrogens with zero attached hydrogens (tertiary/aromatic N) is 2. The third-order valence-corrected chi connectivity index (χ3v) is 3.80. The Labute approximate surface area is 141 Å². The molecule has 0 fully saturated rings. The Morgan fingerprint density at radius 2 is 1.36 bits per heavy atom. The first-order chi connectivity index (χ1) is 12.1. The molecule has 0 aliphatic rings. The molecule has 0 aliphatic carbocycles. The van der Waals surface area contributed by atoms with E-state index in [1.54, 1.807) is 18.2 Å². The number of carbonyl (C=O) groups excluding carboxylic acids is 1. The summed E-state index contributed by atoms with van der Waals surface area (Å²) in [6, 6.07) is 15.5. The first-order valence-electron chi connectivity index (χ1n) is 7.54. The van der Waals surface area contributed by atoms with Gasteiger partial charge >= 0.3 is 0 Å². The van der Waals surface area contributed by atoms with Crippen LogP contribution in [0.2, 0.25) is 0 Å². The Hall–Kier alpha value is -3.41.